The number of aromatic nitrogens is 2. The fourth-order valence-corrected chi connectivity index (χ4v) is 2.09. The lowest BCUT2D eigenvalue weighted by Crippen LogP contribution is -2.20. The van der Waals surface area contributed by atoms with Gasteiger partial charge in [-0.05, 0) is 25.7 Å². The maximum atomic E-state index is 10.9. The summed E-state index contributed by atoms with van der Waals surface area (Å²) in [5.74, 6) is 0. The summed E-state index contributed by atoms with van der Waals surface area (Å²) in [6.45, 7) is 1.95. The predicted molar refractivity (Wildman–Crippen MR) is 59.7 cm³/mol. The summed E-state index contributed by atoms with van der Waals surface area (Å²) >= 11 is 4.99. The highest BCUT2D eigenvalue weighted by Crippen LogP contribution is 2.14. The summed E-state index contributed by atoms with van der Waals surface area (Å²) in [4.78, 5) is 20.3. The van der Waals surface area contributed by atoms with Gasteiger partial charge in [0.25, 0.3) is 0 Å². The first-order valence-electron chi connectivity index (χ1n) is 4.96. The molecule has 1 aromatic rings. The first kappa shape index (κ1) is 10.4. The van der Waals surface area contributed by atoms with Crippen molar-refractivity contribution in [2.75, 3.05) is 20.1 Å². The molecule has 0 bridgehead atoms. The Morgan fingerprint density at radius 3 is 2.93 bits per heavy atom. The number of nitrogens with zero attached hydrogens (tertiary/aromatic N) is 2. The Balaban J connectivity index is 2.50. The zero-order chi connectivity index (χ0) is 10.8. The Morgan fingerprint density at radius 2 is 2.20 bits per heavy atom. The van der Waals surface area contributed by atoms with E-state index in [0.717, 1.165) is 43.5 Å². The van der Waals surface area contributed by atoms with Crippen molar-refractivity contribution in [3.05, 3.63) is 21.7 Å². The van der Waals surface area contributed by atoms with Crippen molar-refractivity contribution in [3.8, 4) is 0 Å². The molecule has 4 nitrogen and oxygen atoms in total. The number of carbonyl (C=O) groups excluding carboxylic acids is 1. The molecule has 15 heavy (non-hydrogen) atoms. The minimum Gasteiger partial charge on any atom is -0.334 e. The van der Waals surface area contributed by atoms with Gasteiger partial charge in [0.2, 0.25) is 0 Å². The van der Waals surface area contributed by atoms with Crippen LogP contribution in [0.2, 0.25) is 0 Å². The first-order chi connectivity index (χ1) is 7.20. The lowest BCUT2D eigenvalue weighted by atomic mass is 10.1. The van der Waals surface area contributed by atoms with E-state index in [1.165, 1.54) is 0 Å². The summed E-state index contributed by atoms with van der Waals surface area (Å²) < 4.78 is 0.403. The molecule has 0 atom stereocenters. The van der Waals surface area contributed by atoms with Crippen LogP contribution in [0.25, 0.3) is 0 Å². The number of rotatable bonds is 1. The van der Waals surface area contributed by atoms with Crippen LogP contribution in [-0.2, 0) is 12.8 Å². The van der Waals surface area contributed by atoms with Gasteiger partial charge in [-0.2, -0.15) is 0 Å². The van der Waals surface area contributed by atoms with E-state index in [-0.39, 0.29) is 0 Å². The van der Waals surface area contributed by atoms with Gasteiger partial charge >= 0.3 is 0 Å². The monoisotopic (exact) mass is 223 g/mol. The molecule has 2 rings (SSSR count). The number of likely N-dealkylation sites (N-methyl/N-ethyl adjacent to an activating group) is 1. The number of fused-ring (bicyclic) bond motifs is 1. The SMILES string of the molecule is CN1CCc2[nH]c(=S)nc(C=O)c2CC1. The summed E-state index contributed by atoms with van der Waals surface area (Å²) in [7, 11) is 2.08. The van der Waals surface area contributed by atoms with E-state index in [1.807, 2.05) is 0 Å². The molecule has 0 radical (unpaired) electrons. The summed E-state index contributed by atoms with van der Waals surface area (Å²) in [6, 6.07) is 0. The highest BCUT2D eigenvalue weighted by atomic mass is 32.1. The van der Waals surface area contributed by atoms with Crippen molar-refractivity contribution in [2.24, 2.45) is 0 Å². The van der Waals surface area contributed by atoms with E-state index in [0.29, 0.717) is 10.5 Å². The van der Waals surface area contributed by atoms with Crippen LogP contribution in [0.4, 0.5) is 0 Å². The zero-order valence-corrected chi connectivity index (χ0v) is 9.43. The molecule has 1 N–H and O–H groups in total. The normalized spacial score (nSPS) is 16.9. The zero-order valence-electron chi connectivity index (χ0n) is 8.62. The van der Waals surface area contributed by atoms with Crippen LogP contribution in [0, 0.1) is 4.77 Å². The third-order valence-corrected chi connectivity index (χ3v) is 2.95. The standard InChI is InChI=1S/C10H13N3OS/c1-13-4-2-7-8(3-5-13)11-10(15)12-9(7)6-14/h6H,2-5H2,1H3,(H,11,12,15). The van der Waals surface area contributed by atoms with Gasteiger partial charge in [-0.1, -0.05) is 0 Å². The van der Waals surface area contributed by atoms with Crippen molar-refractivity contribution >= 4 is 18.5 Å². The van der Waals surface area contributed by atoms with E-state index in [2.05, 4.69) is 21.9 Å². The second-order valence-corrected chi connectivity index (χ2v) is 4.19. The molecule has 0 spiro atoms. The molecule has 0 saturated carbocycles. The lowest BCUT2D eigenvalue weighted by Gasteiger charge is -2.10. The topological polar surface area (TPSA) is 49.0 Å². The highest BCUT2D eigenvalue weighted by Gasteiger charge is 2.15. The van der Waals surface area contributed by atoms with Gasteiger partial charge in [0.1, 0.15) is 5.69 Å². The minimum absolute atomic E-state index is 0.403. The van der Waals surface area contributed by atoms with Gasteiger partial charge in [0.15, 0.2) is 11.1 Å². The van der Waals surface area contributed by atoms with Crippen LogP contribution in [0.15, 0.2) is 0 Å². The van der Waals surface area contributed by atoms with Crippen LogP contribution in [0.3, 0.4) is 0 Å². The molecule has 80 valence electrons. The van der Waals surface area contributed by atoms with E-state index < -0.39 is 0 Å². The second-order valence-electron chi connectivity index (χ2n) is 3.81. The number of carbonyl (C=O) groups is 1. The van der Waals surface area contributed by atoms with Crippen molar-refractivity contribution in [1.82, 2.24) is 14.9 Å². The summed E-state index contributed by atoms with van der Waals surface area (Å²) in [5, 5.41) is 0. The van der Waals surface area contributed by atoms with Crippen molar-refractivity contribution < 1.29 is 4.79 Å². The maximum absolute atomic E-state index is 10.9. The first-order valence-corrected chi connectivity index (χ1v) is 5.37. The fraction of sp³-hybridized carbons (Fsp3) is 0.500. The number of nitrogens with one attached hydrogen (secondary N) is 1. The lowest BCUT2D eigenvalue weighted by molar-refractivity contribution is 0.111. The van der Waals surface area contributed by atoms with Crippen molar-refractivity contribution in [1.29, 1.82) is 0 Å². The highest BCUT2D eigenvalue weighted by molar-refractivity contribution is 7.71. The molecule has 0 aliphatic carbocycles. The number of hydrogen-bond acceptors (Lipinski definition) is 4. The number of hydrogen-bond donors (Lipinski definition) is 1. The summed E-state index contributed by atoms with van der Waals surface area (Å²) in [5.41, 5.74) is 2.61. The van der Waals surface area contributed by atoms with E-state index in [4.69, 9.17) is 12.2 Å². The Bertz CT molecular complexity index is 441. The van der Waals surface area contributed by atoms with Gasteiger partial charge in [-0.25, -0.2) is 4.98 Å². The maximum Gasteiger partial charge on any atom is 0.197 e. The van der Waals surface area contributed by atoms with E-state index in [1.54, 1.807) is 0 Å². The molecule has 0 fully saturated rings. The van der Waals surface area contributed by atoms with Crippen LogP contribution < -0.4 is 0 Å². The number of aldehydes is 1. The van der Waals surface area contributed by atoms with Gasteiger partial charge in [0, 0.05) is 30.8 Å². The third-order valence-electron chi connectivity index (χ3n) is 2.75. The Kier molecular flexibility index (Phi) is 2.93. The Hall–Kier alpha value is -1.07. The molecule has 0 saturated heterocycles. The second kappa shape index (κ2) is 4.20. The molecule has 1 aliphatic heterocycles. The molecule has 1 aliphatic rings. The molecule has 5 heteroatoms. The fourth-order valence-electron chi connectivity index (χ4n) is 1.87. The predicted octanol–water partition coefficient (Wildman–Crippen LogP) is 0.982. The van der Waals surface area contributed by atoms with Crippen LogP contribution >= 0.6 is 12.2 Å². The van der Waals surface area contributed by atoms with Gasteiger partial charge in [-0.15, -0.1) is 0 Å². The van der Waals surface area contributed by atoms with Gasteiger partial charge in [0.05, 0.1) is 0 Å². The largest absolute Gasteiger partial charge is 0.334 e. The average molecular weight is 223 g/mol. The molecule has 0 amide bonds. The minimum atomic E-state index is 0.403. The molecule has 1 aromatic heterocycles. The average Bonchev–Trinajstić information content (AvgIpc) is 2.40. The summed E-state index contributed by atoms with van der Waals surface area (Å²) in [6.07, 6.45) is 2.56. The Labute approximate surface area is 93.3 Å². The molecular formula is C10H13N3OS. The number of aromatic amines is 1. The van der Waals surface area contributed by atoms with Crippen molar-refractivity contribution in [3.63, 3.8) is 0 Å². The Morgan fingerprint density at radius 1 is 1.47 bits per heavy atom. The molecule has 0 unspecified atom stereocenters. The van der Waals surface area contributed by atoms with Crippen LogP contribution in [-0.4, -0.2) is 41.3 Å². The number of H-pyrrole nitrogens is 1. The smallest absolute Gasteiger partial charge is 0.197 e. The quantitative estimate of drug-likeness (QED) is 0.569. The van der Waals surface area contributed by atoms with E-state index in [9.17, 15) is 4.79 Å². The van der Waals surface area contributed by atoms with Gasteiger partial charge in [-0.3, -0.25) is 4.79 Å². The van der Waals surface area contributed by atoms with Crippen molar-refractivity contribution in [2.45, 2.75) is 12.8 Å². The molecule has 0 aromatic carbocycles. The van der Waals surface area contributed by atoms with E-state index >= 15 is 0 Å². The van der Waals surface area contributed by atoms with Crippen LogP contribution in [0.1, 0.15) is 21.7 Å². The van der Waals surface area contributed by atoms with Crippen LogP contribution in [0.5, 0.6) is 0 Å². The molecular weight excluding hydrogens is 210 g/mol. The third kappa shape index (κ3) is 2.13. The molecule has 2 heterocycles. The van der Waals surface area contributed by atoms with Gasteiger partial charge < -0.3 is 9.88 Å².